The molecule has 21 heavy (non-hydrogen) atoms. The van der Waals surface area contributed by atoms with Crippen LogP contribution in [-0.2, 0) is 6.42 Å². The van der Waals surface area contributed by atoms with E-state index in [9.17, 15) is 13.2 Å². The minimum atomic E-state index is -4.05. The van der Waals surface area contributed by atoms with Gasteiger partial charge in [-0.15, -0.1) is 0 Å². The molecule has 2 rings (SSSR count). The Morgan fingerprint density at radius 3 is 2.62 bits per heavy atom. The van der Waals surface area contributed by atoms with E-state index in [1.165, 1.54) is 0 Å². The number of nitrogens with one attached hydrogen (secondary N) is 1. The highest BCUT2D eigenvalue weighted by atomic mass is 19.4. The second kappa shape index (κ2) is 7.25. The van der Waals surface area contributed by atoms with Gasteiger partial charge < -0.3 is 5.32 Å². The normalized spacial score (nSPS) is 24.8. The van der Waals surface area contributed by atoms with E-state index >= 15 is 0 Å². The first-order chi connectivity index (χ1) is 10.0. The summed E-state index contributed by atoms with van der Waals surface area (Å²) in [6, 6.07) is 3.99. The lowest BCUT2D eigenvalue weighted by atomic mass is 9.76. The van der Waals surface area contributed by atoms with Crippen molar-refractivity contribution in [3.05, 3.63) is 30.1 Å². The third-order valence-corrected chi connectivity index (χ3v) is 4.42. The Hall–Kier alpha value is -1.10. The zero-order chi connectivity index (χ0) is 15.3. The van der Waals surface area contributed by atoms with E-state index in [0.29, 0.717) is 6.42 Å². The maximum atomic E-state index is 13.0. The van der Waals surface area contributed by atoms with Crippen molar-refractivity contribution in [2.24, 2.45) is 11.8 Å². The van der Waals surface area contributed by atoms with Crippen molar-refractivity contribution < 1.29 is 13.2 Å². The van der Waals surface area contributed by atoms with Gasteiger partial charge in [-0.1, -0.05) is 13.3 Å². The largest absolute Gasteiger partial charge is 0.391 e. The summed E-state index contributed by atoms with van der Waals surface area (Å²) in [5.74, 6) is -1.03. The highest BCUT2D eigenvalue weighted by Gasteiger charge is 2.43. The number of aromatic nitrogens is 1. The van der Waals surface area contributed by atoms with Crippen LogP contribution in [0.3, 0.4) is 0 Å². The predicted octanol–water partition coefficient (Wildman–Crippen LogP) is 3.97. The second-order valence-electron chi connectivity index (χ2n) is 5.89. The minimum Gasteiger partial charge on any atom is -0.314 e. The van der Waals surface area contributed by atoms with E-state index in [1.54, 1.807) is 12.4 Å². The molecule has 1 fully saturated rings. The van der Waals surface area contributed by atoms with Crippen LogP contribution in [0.2, 0.25) is 0 Å². The molecule has 1 heterocycles. The van der Waals surface area contributed by atoms with Crippen molar-refractivity contribution in [1.29, 1.82) is 0 Å². The summed E-state index contributed by atoms with van der Waals surface area (Å²) in [6.07, 6.45) is 2.29. The summed E-state index contributed by atoms with van der Waals surface area (Å²) < 4.78 is 38.9. The van der Waals surface area contributed by atoms with Gasteiger partial charge in [0.1, 0.15) is 0 Å². The Bertz CT molecular complexity index is 419. The fourth-order valence-electron chi connectivity index (χ4n) is 3.33. The third kappa shape index (κ3) is 4.70. The van der Waals surface area contributed by atoms with E-state index in [0.717, 1.165) is 24.9 Å². The summed E-state index contributed by atoms with van der Waals surface area (Å²) in [4.78, 5) is 3.99. The molecule has 5 heteroatoms. The lowest BCUT2D eigenvalue weighted by molar-refractivity contribution is -0.186. The molecule has 0 spiro atoms. The van der Waals surface area contributed by atoms with Crippen LogP contribution >= 0.6 is 0 Å². The van der Waals surface area contributed by atoms with Crippen LogP contribution in [0.25, 0.3) is 0 Å². The third-order valence-electron chi connectivity index (χ3n) is 4.42. The fraction of sp³-hybridized carbons (Fsp3) is 0.688. The number of hydrogen-bond donors (Lipinski definition) is 1. The van der Waals surface area contributed by atoms with Gasteiger partial charge in [0.25, 0.3) is 0 Å². The van der Waals surface area contributed by atoms with Crippen molar-refractivity contribution in [2.45, 2.75) is 51.2 Å². The van der Waals surface area contributed by atoms with Crippen LogP contribution < -0.4 is 5.32 Å². The van der Waals surface area contributed by atoms with Gasteiger partial charge in [-0.05, 0) is 55.8 Å². The molecule has 0 saturated heterocycles. The highest BCUT2D eigenvalue weighted by molar-refractivity contribution is 5.12. The molecule has 0 amide bonds. The molecule has 0 aromatic carbocycles. The van der Waals surface area contributed by atoms with Gasteiger partial charge >= 0.3 is 6.18 Å². The molecule has 1 saturated carbocycles. The van der Waals surface area contributed by atoms with Crippen molar-refractivity contribution in [2.75, 3.05) is 6.54 Å². The van der Waals surface area contributed by atoms with Crippen LogP contribution in [0.15, 0.2) is 24.5 Å². The Balaban J connectivity index is 2.03. The van der Waals surface area contributed by atoms with Crippen LogP contribution in [-0.4, -0.2) is 23.7 Å². The maximum Gasteiger partial charge on any atom is 0.391 e. The zero-order valence-electron chi connectivity index (χ0n) is 12.4. The van der Waals surface area contributed by atoms with Gasteiger partial charge in [-0.25, -0.2) is 0 Å². The molecule has 2 nitrogen and oxygen atoms in total. The number of nitrogens with zero attached hydrogens (tertiary/aromatic N) is 1. The van der Waals surface area contributed by atoms with Crippen molar-refractivity contribution >= 4 is 0 Å². The minimum absolute atomic E-state index is 0.0958. The van der Waals surface area contributed by atoms with Gasteiger partial charge in [0.05, 0.1) is 5.92 Å². The molecule has 1 aromatic rings. The van der Waals surface area contributed by atoms with Gasteiger partial charge in [-0.3, -0.25) is 4.98 Å². The first kappa shape index (κ1) is 16.3. The molecular formula is C16H23F3N2. The van der Waals surface area contributed by atoms with Crippen LogP contribution in [0.5, 0.6) is 0 Å². The standard InChI is InChI=1S/C16H23F3N2/c1-2-21-15(10-12-6-8-20-9-7-12)13-4-3-5-14(11-13)16(17,18)19/h6-9,13-15,21H,2-5,10-11H2,1H3. The summed E-state index contributed by atoms with van der Waals surface area (Å²) in [5.41, 5.74) is 1.13. The van der Waals surface area contributed by atoms with Crippen molar-refractivity contribution in [1.82, 2.24) is 10.3 Å². The van der Waals surface area contributed by atoms with Gasteiger partial charge in [0.2, 0.25) is 0 Å². The average molecular weight is 300 g/mol. The predicted molar refractivity (Wildman–Crippen MR) is 76.9 cm³/mol. The SMILES string of the molecule is CCNC(Cc1ccncc1)C1CCCC(C(F)(F)F)C1. The van der Waals surface area contributed by atoms with E-state index in [1.807, 2.05) is 19.1 Å². The van der Waals surface area contributed by atoms with Gasteiger partial charge in [-0.2, -0.15) is 13.2 Å². The molecule has 0 radical (unpaired) electrons. The molecular weight excluding hydrogens is 277 g/mol. The summed E-state index contributed by atoms with van der Waals surface area (Å²) >= 11 is 0. The van der Waals surface area contributed by atoms with E-state index in [2.05, 4.69) is 10.3 Å². The molecule has 3 unspecified atom stereocenters. The van der Waals surface area contributed by atoms with Crippen LogP contribution in [0.1, 0.15) is 38.2 Å². The lowest BCUT2D eigenvalue weighted by Crippen LogP contribution is -2.42. The number of alkyl halides is 3. The highest BCUT2D eigenvalue weighted by Crippen LogP contribution is 2.41. The number of likely N-dealkylation sites (N-methyl/N-ethyl adjacent to an activating group) is 1. The summed E-state index contributed by atoms with van der Waals surface area (Å²) in [7, 11) is 0. The molecule has 118 valence electrons. The Labute approximate surface area is 124 Å². The average Bonchev–Trinajstić information content (AvgIpc) is 2.47. The quantitative estimate of drug-likeness (QED) is 0.890. The monoisotopic (exact) mass is 300 g/mol. The molecule has 1 N–H and O–H groups in total. The molecule has 3 atom stereocenters. The zero-order valence-corrected chi connectivity index (χ0v) is 12.4. The van der Waals surface area contributed by atoms with Gasteiger partial charge in [0, 0.05) is 18.4 Å². The molecule has 1 aromatic heterocycles. The van der Waals surface area contributed by atoms with Crippen LogP contribution in [0, 0.1) is 11.8 Å². The molecule has 0 bridgehead atoms. The maximum absolute atomic E-state index is 13.0. The lowest BCUT2D eigenvalue weighted by Gasteiger charge is -2.36. The Kier molecular flexibility index (Phi) is 5.62. The summed E-state index contributed by atoms with van der Waals surface area (Å²) in [5, 5.41) is 3.39. The van der Waals surface area contributed by atoms with E-state index in [-0.39, 0.29) is 24.8 Å². The second-order valence-corrected chi connectivity index (χ2v) is 5.89. The number of pyridine rings is 1. The Morgan fingerprint density at radius 2 is 2.00 bits per heavy atom. The van der Waals surface area contributed by atoms with Crippen LogP contribution in [0.4, 0.5) is 13.2 Å². The number of rotatable bonds is 5. The number of hydrogen-bond acceptors (Lipinski definition) is 2. The molecule has 1 aliphatic carbocycles. The summed E-state index contributed by atoms with van der Waals surface area (Å²) in [6.45, 7) is 2.78. The topological polar surface area (TPSA) is 24.9 Å². The molecule has 0 aliphatic heterocycles. The van der Waals surface area contributed by atoms with Crippen molar-refractivity contribution in [3.63, 3.8) is 0 Å². The fourth-order valence-corrected chi connectivity index (χ4v) is 3.33. The Morgan fingerprint density at radius 1 is 1.29 bits per heavy atom. The van der Waals surface area contributed by atoms with E-state index in [4.69, 9.17) is 0 Å². The van der Waals surface area contributed by atoms with Gasteiger partial charge in [0.15, 0.2) is 0 Å². The van der Waals surface area contributed by atoms with Crippen molar-refractivity contribution in [3.8, 4) is 0 Å². The first-order valence-corrected chi connectivity index (χ1v) is 7.69. The smallest absolute Gasteiger partial charge is 0.314 e. The number of halogens is 3. The molecule has 1 aliphatic rings. The van der Waals surface area contributed by atoms with E-state index < -0.39 is 12.1 Å². The first-order valence-electron chi connectivity index (χ1n) is 7.69.